The molecule has 148 valence electrons. The molecule has 1 aliphatic rings. The average molecular weight is 397 g/mol. The maximum Gasteiger partial charge on any atom is 0.0130 e. The third kappa shape index (κ3) is 2.91. The summed E-state index contributed by atoms with van der Waals surface area (Å²) >= 11 is 0. The molecule has 0 amide bonds. The van der Waals surface area contributed by atoms with Gasteiger partial charge in [-0.15, -0.1) is 0 Å². The Hall–Kier alpha value is -3.64. The second-order valence-electron chi connectivity index (χ2n) is 8.53. The molecule has 0 saturated carbocycles. The van der Waals surface area contributed by atoms with E-state index in [-0.39, 0.29) is 0 Å². The van der Waals surface area contributed by atoms with Gasteiger partial charge in [-0.2, -0.15) is 0 Å². The molecule has 0 radical (unpaired) electrons. The smallest absolute Gasteiger partial charge is 0.0130 e. The van der Waals surface area contributed by atoms with E-state index >= 15 is 0 Å². The summed E-state index contributed by atoms with van der Waals surface area (Å²) in [6.07, 6.45) is 5.62. The van der Waals surface area contributed by atoms with Gasteiger partial charge in [-0.05, 0) is 68.3 Å². The maximum atomic E-state index is 2.33. The lowest BCUT2D eigenvalue weighted by Gasteiger charge is -2.22. The van der Waals surface area contributed by atoms with E-state index < -0.39 is 0 Å². The van der Waals surface area contributed by atoms with Crippen LogP contribution in [0.15, 0.2) is 103 Å². The summed E-state index contributed by atoms with van der Waals surface area (Å²) in [5, 5.41) is 5.34. The fourth-order valence-corrected chi connectivity index (χ4v) is 5.29. The lowest BCUT2D eigenvalue weighted by atomic mass is 9.81. The molecule has 0 N–H and O–H groups in total. The molecule has 5 aromatic carbocycles. The van der Waals surface area contributed by atoms with Gasteiger partial charge < -0.3 is 0 Å². The van der Waals surface area contributed by atoms with Gasteiger partial charge in [-0.1, -0.05) is 109 Å². The van der Waals surface area contributed by atoms with E-state index in [2.05, 4.69) is 116 Å². The Morgan fingerprint density at radius 2 is 1.19 bits per heavy atom. The molecular weight excluding hydrogens is 372 g/mol. The van der Waals surface area contributed by atoms with Gasteiger partial charge in [0, 0.05) is 5.92 Å². The predicted octanol–water partition coefficient (Wildman–Crippen LogP) is 8.52. The van der Waals surface area contributed by atoms with E-state index in [9.17, 15) is 0 Å². The number of hydrogen-bond donors (Lipinski definition) is 0. The van der Waals surface area contributed by atoms with E-state index in [1.807, 2.05) is 0 Å². The first-order chi connectivity index (χ1) is 15.3. The van der Waals surface area contributed by atoms with Gasteiger partial charge in [0.05, 0.1) is 0 Å². The van der Waals surface area contributed by atoms with Gasteiger partial charge in [0.15, 0.2) is 0 Å². The van der Waals surface area contributed by atoms with Crippen molar-refractivity contribution in [3.05, 3.63) is 125 Å². The number of benzene rings is 5. The number of hydrogen-bond acceptors (Lipinski definition) is 0. The third-order valence-corrected chi connectivity index (χ3v) is 6.84. The predicted molar refractivity (Wildman–Crippen MR) is 134 cm³/mol. The number of rotatable bonds is 2. The number of aryl methyl sites for hydroxylation is 1. The van der Waals surface area contributed by atoms with Crippen molar-refractivity contribution in [2.75, 3.05) is 0 Å². The Bertz CT molecular complexity index is 1390. The minimum absolute atomic E-state index is 0.432. The summed E-state index contributed by atoms with van der Waals surface area (Å²) in [6.45, 7) is 2.24. The van der Waals surface area contributed by atoms with Crippen LogP contribution in [-0.4, -0.2) is 0 Å². The third-order valence-electron chi connectivity index (χ3n) is 6.84. The summed E-state index contributed by atoms with van der Waals surface area (Å²) in [6, 6.07) is 35.7. The Kier molecular flexibility index (Phi) is 4.25. The molecule has 0 bridgehead atoms. The maximum absolute atomic E-state index is 2.33. The van der Waals surface area contributed by atoms with Crippen LogP contribution in [0.3, 0.4) is 0 Å². The zero-order chi connectivity index (χ0) is 20.8. The highest BCUT2D eigenvalue weighted by Gasteiger charge is 2.19. The topological polar surface area (TPSA) is 0 Å². The quantitative estimate of drug-likeness (QED) is 0.262. The highest BCUT2D eigenvalue weighted by molar-refractivity contribution is 6.14. The fourth-order valence-electron chi connectivity index (χ4n) is 5.29. The van der Waals surface area contributed by atoms with Crippen molar-refractivity contribution < 1.29 is 0 Å². The molecule has 0 heteroatoms. The summed E-state index contributed by atoms with van der Waals surface area (Å²) in [5.41, 5.74) is 8.16. The van der Waals surface area contributed by atoms with Crippen LogP contribution in [0.1, 0.15) is 34.6 Å². The summed E-state index contributed by atoms with van der Waals surface area (Å²) < 4.78 is 0. The number of allylic oxidation sites excluding steroid dienone is 1. The molecule has 0 saturated heterocycles. The molecule has 0 aromatic heterocycles. The molecule has 0 fully saturated rings. The van der Waals surface area contributed by atoms with Crippen molar-refractivity contribution in [1.29, 1.82) is 0 Å². The van der Waals surface area contributed by atoms with Crippen molar-refractivity contribution in [3.8, 4) is 11.1 Å². The van der Waals surface area contributed by atoms with E-state index in [4.69, 9.17) is 0 Å². The fraction of sp³-hybridized carbons (Fsp3) is 0.0968. The molecule has 0 nitrogen and oxygen atoms in total. The molecule has 0 heterocycles. The van der Waals surface area contributed by atoms with Crippen LogP contribution in [0.4, 0.5) is 0 Å². The van der Waals surface area contributed by atoms with Crippen LogP contribution in [0.25, 0.3) is 38.7 Å². The van der Waals surface area contributed by atoms with Crippen LogP contribution in [0, 0.1) is 6.92 Å². The zero-order valence-corrected chi connectivity index (χ0v) is 17.7. The molecule has 1 atom stereocenters. The van der Waals surface area contributed by atoms with Crippen molar-refractivity contribution in [2.24, 2.45) is 0 Å². The number of fused-ring (bicyclic) bond motifs is 3. The van der Waals surface area contributed by atoms with Crippen LogP contribution in [0.2, 0.25) is 0 Å². The Morgan fingerprint density at radius 1 is 0.613 bits per heavy atom. The minimum Gasteiger partial charge on any atom is -0.0830 e. The van der Waals surface area contributed by atoms with Crippen molar-refractivity contribution in [3.63, 3.8) is 0 Å². The lowest BCUT2D eigenvalue weighted by molar-refractivity contribution is 0.819. The summed E-state index contributed by atoms with van der Waals surface area (Å²) in [7, 11) is 0. The minimum atomic E-state index is 0.432. The van der Waals surface area contributed by atoms with E-state index in [0.717, 1.165) is 6.42 Å². The second kappa shape index (κ2) is 7.25. The summed E-state index contributed by atoms with van der Waals surface area (Å²) in [4.78, 5) is 0. The van der Waals surface area contributed by atoms with Gasteiger partial charge in [0.25, 0.3) is 0 Å². The van der Waals surface area contributed by atoms with Gasteiger partial charge in [0.2, 0.25) is 0 Å². The van der Waals surface area contributed by atoms with E-state index in [1.165, 1.54) is 54.9 Å². The molecule has 31 heavy (non-hydrogen) atoms. The molecule has 1 unspecified atom stereocenters. The van der Waals surface area contributed by atoms with Crippen LogP contribution < -0.4 is 0 Å². The SMILES string of the molecule is Cc1c2ccccc2c(-c2ccc(C3CC=Cc4ccccc43)cc2)c2ccccc12. The highest BCUT2D eigenvalue weighted by atomic mass is 14.2. The van der Waals surface area contributed by atoms with Crippen LogP contribution in [-0.2, 0) is 0 Å². The first-order valence-electron chi connectivity index (χ1n) is 11.1. The van der Waals surface area contributed by atoms with Gasteiger partial charge in [-0.25, -0.2) is 0 Å². The van der Waals surface area contributed by atoms with Crippen molar-refractivity contribution >= 4 is 27.6 Å². The van der Waals surface area contributed by atoms with Crippen molar-refractivity contribution in [1.82, 2.24) is 0 Å². The Balaban J connectivity index is 1.52. The van der Waals surface area contributed by atoms with E-state index in [1.54, 1.807) is 0 Å². The van der Waals surface area contributed by atoms with E-state index in [0.29, 0.717) is 5.92 Å². The highest BCUT2D eigenvalue weighted by Crippen LogP contribution is 2.40. The molecule has 5 aromatic rings. The first-order valence-corrected chi connectivity index (χ1v) is 11.1. The molecule has 6 rings (SSSR count). The largest absolute Gasteiger partial charge is 0.0830 e. The molecule has 0 spiro atoms. The first kappa shape index (κ1) is 18.2. The summed E-state index contributed by atoms with van der Waals surface area (Å²) in [5.74, 6) is 0.432. The van der Waals surface area contributed by atoms with Crippen molar-refractivity contribution in [2.45, 2.75) is 19.3 Å². The van der Waals surface area contributed by atoms with Gasteiger partial charge in [-0.3, -0.25) is 0 Å². The molecule has 0 aliphatic heterocycles. The standard InChI is InChI=1S/C31H24/c1-21-25-11-4-6-14-29(25)31(30-15-7-5-12-26(21)30)24-19-17-23(18-20-24)28-16-8-10-22-9-2-3-13-27(22)28/h2-15,17-20,28H,16H2,1H3. The van der Waals surface area contributed by atoms with Crippen LogP contribution in [0.5, 0.6) is 0 Å². The monoisotopic (exact) mass is 396 g/mol. The van der Waals surface area contributed by atoms with Gasteiger partial charge >= 0.3 is 0 Å². The second-order valence-corrected chi connectivity index (χ2v) is 8.53. The molecular formula is C31H24. The Labute approximate surface area is 183 Å². The average Bonchev–Trinajstić information content (AvgIpc) is 2.84. The Morgan fingerprint density at radius 3 is 1.87 bits per heavy atom. The van der Waals surface area contributed by atoms with Gasteiger partial charge in [0.1, 0.15) is 0 Å². The lowest BCUT2D eigenvalue weighted by Crippen LogP contribution is -2.05. The normalized spacial score (nSPS) is 15.3. The molecule has 1 aliphatic carbocycles. The van der Waals surface area contributed by atoms with Crippen LogP contribution >= 0.6 is 0 Å². The zero-order valence-electron chi connectivity index (χ0n) is 17.7.